The molecule has 1 aliphatic rings. The highest BCUT2D eigenvalue weighted by atomic mass is 16.3. The minimum Gasteiger partial charge on any atom is -0.508 e. The highest BCUT2D eigenvalue weighted by molar-refractivity contribution is 5.86. The molecule has 0 spiro atoms. The van der Waals surface area contributed by atoms with Crippen molar-refractivity contribution >= 4 is 16.9 Å². The Morgan fingerprint density at radius 2 is 2.00 bits per heavy atom. The van der Waals surface area contributed by atoms with Gasteiger partial charge in [0.15, 0.2) is 5.65 Å². The lowest BCUT2D eigenvalue weighted by Gasteiger charge is -2.35. The lowest BCUT2D eigenvalue weighted by atomic mass is 10.2. The van der Waals surface area contributed by atoms with Gasteiger partial charge in [-0.2, -0.15) is 5.10 Å². The molecule has 1 aromatic carbocycles. The summed E-state index contributed by atoms with van der Waals surface area (Å²) in [5, 5.41) is 17.5. The number of anilines is 1. The van der Waals surface area contributed by atoms with E-state index in [1.165, 1.54) is 0 Å². The summed E-state index contributed by atoms with van der Waals surface area (Å²) in [5.74, 6) is 1.27. The lowest BCUT2D eigenvalue weighted by Crippen LogP contribution is -2.46. The van der Waals surface area contributed by atoms with E-state index < -0.39 is 0 Å². The van der Waals surface area contributed by atoms with Crippen molar-refractivity contribution in [3.63, 3.8) is 0 Å². The molecule has 0 radical (unpaired) electrons. The second kappa shape index (κ2) is 5.85. The number of hydrogen-bond donors (Lipinski definition) is 2. The van der Waals surface area contributed by atoms with Crippen LogP contribution in [0.5, 0.6) is 5.75 Å². The van der Waals surface area contributed by atoms with Crippen molar-refractivity contribution < 1.29 is 5.11 Å². The zero-order valence-corrected chi connectivity index (χ0v) is 12.7. The first-order valence-electron chi connectivity index (χ1n) is 7.69. The van der Waals surface area contributed by atoms with Crippen molar-refractivity contribution in [1.82, 2.24) is 25.1 Å². The van der Waals surface area contributed by atoms with E-state index in [2.05, 4.69) is 30.0 Å². The van der Waals surface area contributed by atoms with E-state index >= 15 is 0 Å². The minimum atomic E-state index is 0.324. The molecule has 3 aromatic rings. The van der Waals surface area contributed by atoms with Crippen LogP contribution >= 0.6 is 0 Å². The number of nitrogens with one attached hydrogen (secondary N) is 1. The number of phenols is 1. The first-order chi connectivity index (χ1) is 11.3. The number of fused-ring (bicyclic) bond motifs is 1. The first kappa shape index (κ1) is 14.0. The molecule has 0 saturated carbocycles. The molecule has 1 fully saturated rings. The molecular weight excluding hydrogens is 292 g/mol. The predicted molar refractivity (Wildman–Crippen MR) is 87.3 cm³/mol. The van der Waals surface area contributed by atoms with Gasteiger partial charge in [0.2, 0.25) is 0 Å². The van der Waals surface area contributed by atoms with Gasteiger partial charge in [-0.3, -0.25) is 10.00 Å². The summed E-state index contributed by atoms with van der Waals surface area (Å²) in [5.41, 5.74) is 1.91. The number of hydrogen-bond acceptors (Lipinski definition) is 6. The van der Waals surface area contributed by atoms with Crippen LogP contribution in [-0.4, -0.2) is 56.4 Å². The highest BCUT2D eigenvalue weighted by Gasteiger charge is 2.20. The molecule has 0 atom stereocenters. The van der Waals surface area contributed by atoms with E-state index in [0.717, 1.165) is 55.1 Å². The largest absolute Gasteiger partial charge is 0.508 e. The molecule has 0 amide bonds. The van der Waals surface area contributed by atoms with E-state index in [0.29, 0.717) is 5.75 Å². The predicted octanol–water partition coefficient (Wildman–Crippen LogP) is 1.38. The zero-order valence-electron chi connectivity index (χ0n) is 12.7. The van der Waals surface area contributed by atoms with Gasteiger partial charge >= 0.3 is 0 Å². The van der Waals surface area contributed by atoms with Crippen LogP contribution in [0.1, 0.15) is 5.56 Å². The van der Waals surface area contributed by atoms with E-state index in [4.69, 9.17) is 0 Å². The van der Waals surface area contributed by atoms with Crippen molar-refractivity contribution in [2.24, 2.45) is 0 Å². The van der Waals surface area contributed by atoms with Crippen LogP contribution in [-0.2, 0) is 6.54 Å². The molecule has 0 bridgehead atoms. The number of piperazine rings is 1. The van der Waals surface area contributed by atoms with Gasteiger partial charge in [-0.15, -0.1) is 0 Å². The molecule has 7 nitrogen and oxygen atoms in total. The average molecular weight is 310 g/mol. The summed E-state index contributed by atoms with van der Waals surface area (Å²) in [7, 11) is 0. The van der Waals surface area contributed by atoms with Gasteiger partial charge in [0.25, 0.3) is 0 Å². The van der Waals surface area contributed by atoms with Crippen molar-refractivity contribution in [2.75, 3.05) is 31.1 Å². The summed E-state index contributed by atoms with van der Waals surface area (Å²) in [6.07, 6.45) is 3.36. The number of H-pyrrole nitrogens is 1. The molecule has 0 unspecified atom stereocenters. The Labute approximate surface area is 133 Å². The fraction of sp³-hybridized carbons (Fsp3) is 0.312. The molecule has 23 heavy (non-hydrogen) atoms. The van der Waals surface area contributed by atoms with Crippen LogP contribution in [0, 0.1) is 0 Å². The van der Waals surface area contributed by atoms with Crippen LogP contribution in [0.3, 0.4) is 0 Å². The smallest absolute Gasteiger partial charge is 0.160 e. The summed E-state index contributed by atoms with van der Waals surface area (Å²) in [6.45, 7) is 4.59. The summed E-state index contributed by atoms with van der Waals surface area (Å²) >= 11 is 0. The van der Waals surface area contributed by atoms with Gasteiger partial charge in [-0.05, 0) is 17.7 Å². The molecule has 4 rings (SSSR count). The number of aromatic hydroxyl groups is 1. The molecule has 0 aliphatic carbocycles. The van der Waals surface area contributed by atoms with E-state index in [-0.39, 0.29) is 0 Å². The maximum Gasteiger partial charge on any atom is 0.160 e. The monoisotopic (exact) mass is 310 g/mol. The summed E-state index contributed by atoms with van der Waals surface area (Å²) < 4.78 is 0. The standard InChI is InChI=1S/C16H18N6O/c23-13-3-1-2-12(8-13)10-21-4-6-22(7-5-21)16-14-9-19-20-15(14)17-11-18-16/h1-3,8-9,11,23H,4-7,10H2,(H,17,18,19,20). The fourth-order valence-corrected chi connectivity index (χ4v) is 3.04. The quantitative estimate of drug-likeness (QED) is 0.761. The number of phenolic OH excluding ortho intramolecular Hbond substituents is 1. The fourth-order valence-electron chi connectivity index (χ4n) is 3.04. The Bertz CT molecular complexity index is 809. The number of benzene rings is 1. The Hall–Kier alpha value is -2.67. The molecule has 3 heterocycles. The molecule has 118 valence electrons. The van der Waals surface area contributed by atoms with Gasteiger partial charge in [0, 0.05) is 32.7 Å². The first-order valence-corrected chi connectivity index (χ1v) is 7.69. The van der Waals surface area contributed by atoms with Gasteiger partial charge in [0.1, 0.15) is 17.9 Å². The average Bonchev–Trinajstić information content (AvgIpc) is 3.04. The third-order valence-electron chi connectivity index (χ3n) is 4.22. The minimum absolute atomic E-state index is 0.324. The molecular formula is C16H18N6O. The third-order valence-corrected chi connectivity index (χ3v) is 4.22. The van der Waals surface area contributed by atoms with Crippen molar-refractivity contribution in [2.45, 2.75) is 6.54 Å². The van der Waals surface area contributed by atoms with Crippen molar-refractivity contribution in [3.8, 4) is 5.75 Å². The van der Waals surface area contributed by atoms with Crippen molar-refractivity contribution in [3.05, 3.63) is 42.4 Å². The zero-order chi connectivity index (χ0) is 15.6. The van der Waals surface area contributed by atoms with Gasteiger partial charge in [-0.25, -0.2) is 9.97 Å². The molecule has 1 saturated heterocycles. The van der Waals surface area contributed by atoms with Gasteiger partial charge in [0.05, 0.1) is 11.6 Å². The van der Waals surface area contributed by atoms with Crippen molar-refractivity contribution in [1.29, 1.82) is 0 Å². The van der Waals surface area contributed by atoms with Crippen LogP contribution in [0.4, 0.5) is 5.82 Å². The number of aromatic nitrogens is 4. The third kappa shape index (κ3) is 2.83. The molecule has 7 heteroatoms. The Morgan fingerprint density at radius 1 is 1.13 bits per heavy atom. The SMILES string of the molecule is Oc1cccc(CN2CCN(c3ncnc4[nH]ncc34)CC2)c1. The normalized spacial score (nSPS) is 16.1. The number of rotatable bonds is 3. The Balaban J connectivity index is 1.44. The molecule has 2 N–H and O–H groups in total. The van der Waals surface area contributed by atoms with Crippen LogP contribution in [0.25, 0.3) is 11.0 Å². The Morgan fingerprint density at radius 3 is 2.83 bits per heavy atom. The summed E-state index contributed by atoms with van der Waals surface area (Å²) in [6, 6.07) is 7.46. The van der Waals surface area contributed by atoms with Gasteiger partial charge in [-0.1, -0.05) is 12.1 Å². The molecule has 2 aromatic heterocycles. The topological polar surface area (TPSA) is 81.2 Å². The molecule has 1 aliphatic heterocycles. The number of nitrogens with zero attached hydrogens (tertiary/aromatic N) is 5. The van der Waals surface area contributed by atoms with Crippen LogP contribution in [0.2, 0.25) is 0 Å². The number of aromatic amines is 1. The van der Waals surface area contributed by atoms with Gasteiger partial charge < -0.3 is 10.0 Å². The van der Waals surface area contributed by atoms with Crippen LogP contribution < -0.4 is 4.90 Å². The maximum absolute atomic E-state index is 9.56. The maximum atomic E-state index is 9.56. The van der Waals surface area contributed by atoms with E-state index in [1.807, 2.05) is 18.2 Å². The summed E-state index contributed by atoms with van der Waals surface area (Å²) in [4.78, 5) is 13.3. The Kier molecular flexibility index (Phi) is 3.55. The van der Waals surface area contributed by atoms with Crippen LogP contribution in [0.15, 0.2) is 36.8 Å². The van der Waals surface area contributed by atoms with E-state index in [9.17, 15) is 5.11 Å². The van der Waals surface area contributed by atoms with E-state index in [1.54, 1.807) is 18.6 Å². The second-order valence-electron chi connectivity index (χ2n) is 5.76. The second-order valence-corrected chi connectivity index (χ2v) is 5.76. The highest BCUT2D eigenvalue weighted by Crippen LogP contribution is 2.22. The lowest BCUT2D eigenvalue weighted by molar-refractivity contribution is 0.249.